The predicted octanol–water partition coefficient (Wildman–Crippen LogP) is 2.39. The minimum absolute atomic E-state index is 0. The van der Waals surface area contributed by atoms with E-state index in [1.807, 2.05) is 55.5 Å². The second-order valence-corrected chi connectivity index (χ2v) is 7.30. The van der Waals surface area contributed by atoms with Crippen LogP contribution in [-0.2, 0) is 9.59 Å². The minimum Gasteiger partial charge on any atom is -0.345 e. The Bertz CT molecular complexity index is 1280. The molecule has 0 fully saturated rings. The summed E-state index contributed by atoms with van der Waals surface area (Å²) in [4.78, 5) is 41.1. The summed E-state index contributed by atoms with van der Waals surface area (Å²) in [6.45, 7) is 2.01. The van der Waals surface area contributed by atoms with Crippen molar-refractivity contribution in [3.63, 3.8) is 0 Å². The normalized spacial score (nSPS) is 9.40. The fourth-order valence-corrected chi connectivity index (χ4v) is 3.14. The largest absolute Gasteiger partial charge is 1.00 e. The van der Waals surface area contributed by atoms with Crippen LogP contribution < -0.4 is 40.2 Å². The third-order valence-electron chi connectivity index (χ3n) is 4.91. The van der Waals surface area contributed by atoms with E-state index in [4.69, 9.17) is 9.59 Å². The third kappa shape index (κ3) is 8.18. The van der Waals surface area contributed by atoms with Crippen LogP contribution in [0.4, 0.5) is 11.4 Å². The Morgan fingerprint density at radius 1 is 0.629 bits per heavy atom. The molecule has 0 aliphatic rings. The summed E-state index contributed by atoms with van der Waals surface area (Å²) in [6, 6.07) is 32.5. The van der Waals surface area contributed by atoms with Crippen LogP contribution in [0.2, 0.25) is 0 Å². The Kier molecular flexibility index (Phi) is 10.8. The summed E-state index contributed by atoms with van der Waals surface area (Å²) in [5.41, 5.74) is 5.74. The second kappa shape index (κ2) is 13.8. The molecule has 4 aromatic rings. The zero-order valence-electron chi connectivity index (χ0n) is 19.4. The molecule has 4 aromatic carbocycles. The molecule has 4 rings (SSSR count). The molecule has 0 aliphatic carbocycles. The fourth-order valence-electron chi connectivity index (χ4n) is 3.14. The van der Waals surface area contributed by atoms with Gasteiger partial charge in [0.15, 0.2) is 0 Å². The van der Waals surface area contributed by atoms with Crippen molar-refractivity contribution >= 4 is 29.3 Å². The Balaban J connectivity index is 0.00000103. The van der Waals surface area contributed by atoms with Gasteiger partial charge in [-0.25, -0.2) is 0 Å². The van der Waals surface area contributed by atoms with Gasteiger partial charge in [0, 0.05) is 16.8 Å². The van der Waals surface area contributed by atoms with Crippen LogP contribution in [0.3, 0.4) is 0 Å². The van der Waals surface area contributed by atoms with Gasteiger partial charge in [0.05, 0.1) is 0 Å². The molecule has 0 bridgehead atoms. The number of anilines is 2. The van der Waals surface area contributed by atoms with Crippen molar-refractivity contribution in [2.75, 3.05) is 10.6 Å². The number of amides is 2. The number of rotatable bonds is 5. The van der Waals surface area contributed by atoms with Crippen LogP contribution in [0.25, 0.3) is 11.1 Å². The van der Waals surface area contributed by atoms with Crippen molar-refractivity contribution in [3.05, 3.63) is 120 Å². The molecule has 0 saturated heterocycles. The number of carbonyl (C=O) groups excluding carboxylic acids is 4. The topological polar surface area (TPSA) is 92.3 Å². The zero-order chi connectivity index (χ0) is 24.3. The van der Waals surface area contributed by atoms with Crippen molar-refractivity contribution in [3.8, 4) is 11.1 Å². The average molecular weight is 472 g/mol. The van der Waals surface area contributed by atoms with E-state index in [0.29, 0.717) is 11.1 Å². The van der Waals surface area contributed by atoms with Gasteiger partial charge in [-0.3, -0.25) is 9.59 Å². The molecule has 2 amide bonds. The monoisotopic (exact) mass is 472 g/mol. The number of nitrogens with one attached hydrogen (secondary N) is 2. The van der Waals surface area contributed by atoms with Gasteiger partial charge in [-0.2, -0.15) is 27.8 Å². The molecule has 6 nitrogen and oxygen atoms in total. The summed E-state index contributed by atoms with van der Waals surface area (Å²) >= 11 is 0. The number of benzene rings is 4. The number of aryl methyl sites for hydroxylation is 1. The Morgan fingerprint density at radius 3 is 1.40 bits per heavy atom. The molecule has 7 heteroatoms. The quantitative estimate of drug-likeness (QED) is 0.345. The van der Waals surface area contributed by atoms with E-state index in [-0.39, 0.29) is 47.5 Å². The second-order valence-electron chi connectivity index (χ2n) is 7.30. The summed E-state index contributed by atoms with van der Waals surface area (Å²) in [5, 5.41) is 5.76. The molecule has 0 unspecified atom stereocenters. The SMILES string of the molecule is Cc1ccc(NC(=O)c2ccc(-c3ccc(C(=O)Nc4cc[c-]cc4)cc3)cc2)cc1.O=C=O.[Na+]. The molecule has 0 heterocycles. The van der Waals surface area contributed by atoms with Gasteiger partial charge in [0.25, 0.3) is 11.8 Å². The summed E-state index contributed by atoms with van der Waals surface area (Å²) < 4.78 is 0. The van der Waals surface area contributed by atoms with Crippen molar-refractivity contribution in [1.82, 2.24) is 0 Å². The van der Waals surface area contributed by atoms with Crippen molar-refractivity contribution in [2.45, 2.75) is 6.92 Å². The van der Waals surface area contributed by atoms with Gasteiger partial charge in [-0.05, 0) is 54.4 Å². The molecule has 0 aliphatic heterocycles. The molecular formula is C28H21N2NaO4. The Labute approximate surface area is 225 Å². The molecule has 0 radical (unpaired) electrons. The number of hydrogen-bond donors (Lipinski definition) is 2. The van der Waals surface area contributed by atoms with Gasteiger partial charge in [0.1, 0.15) is 0 Å². The molecule has 0 aromatic heterocycles. The summed E-state index contributed by atoms with van der Waals surface area (Å²) in [6.07, 6.45) is 0.250. The van der Waals surface area contributed by atoms with Crippen LogP contribution in [-0.4, -0.2) is 18.0 Å². The minimum atomic E-state index is -0.166. The van der Waals surface area contributed by atoms with Gasteiger partial charge >= 0.3 is 35.7 Å². The van der Waals surface area contributed by atoms with Crippen LogP contribution in [0.5, 0.6) is 0 Å². The van der Waals surface area contributed by atoms with Crippen LogP contribution in [0.1, 0.15) is 26.3 Å². The smallest absolute Gasteiger partial charge is 0.345 e. The van der Waals surface area contributed by atoms with E-state index >= 15 is 0 Å². The van der Waals surface area contributed by atoms with Crippen molar-refractivity contribution in [2.24, 2.45) is 0 Å². The third-order valence-corrected chi connectivity index (χ3v) is 4.91. The molecule has 168 valence electrons. The first-order valence-electron chi connectivity index (χ1n) is 10.4. The maximum atomic E-state index is 12.5. The van der Waals surface area contributed by atoms with Crippen LogP contribution in [0.15, 0.2) is 97.1 Å². The van der Waals surface area contributed by atoms with E-state index in [1.54, 1.807) is 48.5 Å². The number of hydrogen-bond acceptors (Lipinski definition) is 4. The summed E-state index contributed by atoms with van der Waals surface area (Å²) in [7, 11) is 0. The van der Waals surface area contributed by atoms with Gasteiger partial charge in [0.2, 0.25) is 0 Å². The van der Waals surface area contributed by atoms with Gasteiger partial charge in [-0.1, -0.05) is 47.6 Å². The predicted molar refractivity (Wildman–Crippen MR) is 129 cm³/mol. The van der Waals surface area contributed by atoms with E-state index in [9.17, 15) is 9.59 Å². The Hall–Kier alpha value is -3.80. The molecular weight excluding hydrogens is 451 g/mol. The van der Waals surface area contributed by atoms with Crippen molar-refractivity contribution in [1.29, 1.82) is 0 Å². The molecule has 0 spiro atoms. The molecule has 0 saturated carbocycles. The first-order valence-corrected chi connectivity index (χ1v) is 10.4. The van der Waals surface area contributed by atoms with Crippen LogP contribution in [0, 0.1) is 13.0 Å². The molecule has 35 heavy (non-hydrogen) atoms. The Morgan fingerprint density at radius 2 is 1.00 bits per heavy atom. The maximum Gasteiger partial charge on any atom is 1.00 e. The first kappa shape index (κ1) is 27.4. The summed E-state index contributed by atoms with van der Waals surface area (Å²) in [5.74, 6) is -0.318. The van der Waals surface area contributed by atoms with E-state index in [0.717, 1.165) is 28.1 Å². The standard InChI is InChI=1S/C27H21N2O2.CO2.Na/c1-19-7-17-25(18-8-19)29-27(31)23-15-11-21(12-16-23)20-9-13-22(14-10-20)26(30)28-24-5-3-2-4-6-24;2-1-3;/h3-18H,1H3,(H,28,30)(H,29,31);;/q-1;;+1. The van der Waals surface area contributed by atoms with Gasteiger partial charge < -0.3 is 10.6 Å². The van der Waals surface area contributed by atoms with Crippen LogP contribution >= 0.6 is 0 Å². The van der Waals surface area contributed by atoms with Gasteiger partial charge in [-0.15, -0.1) is 12.1 Å². The average Bonchev–Trinajstić information content (AvgIpc) is 2.87. The van der Waals surface area contributed by atoms with Crippen molar-refractivity contribution < 1.29 is 48.7 Å². The van der Waals surface area contributed by atoms with E-state index < -0.39 is 0 Å². The first-order chi connectivity index (χ1) is 16.5. The number of carbonyl (C=O) groups is 2. The molecule has 0 atom stereocenters. The molecule has 2 N–H and O–H groups in total. The zero-order valence-corrected chi connectivity index (χ0v) is 21.4. The van der Waals surface area contributed by atoms with E-state index in [2.05, 4.69) is 16.7 Å². The fraction of sp³-hybridized carbons (Fsp3) is 0.0357. The van der Waals surface area contributed by atoms with E-state index in [1.165, 1.54) is 0 Å². The maximum absolute atomic E-state index is 12.5.